The zero-order valence-corrected chi connectivity index (χ0v) is 19.7. The van der Waals surface area contributed by atoms with Crippen LogP contribution in [0.15, 0.2) is 66.4 Å². The summed E-state index contributed by atoms with van der Waals surface area (Å²) in [6, 6.07) is 10.6. The third kappa shape index (κ3) is 4.82. The first kappa shape index (κ1) is 25.3. The molecule has 1 unspecified atom stereocenters. The van der Waals surface area contributed by atoms with Crippen molar-refractivity contribution >= 4 is 46.3 Å². The minimum Gasteiger partial charge on any atom is -0.507 e. The summed E-state index contributed by atoms with van der Waals surface area (Å²) in [7, 11) is 1.30. The SMILES string of the molecule is COc1c(Cl)cc(Cl)cc1/C(O)=C1\C(=O)C(=O)N(c2ccc(OC(F)(F)F)cc2)C1c1ccccn1. The molecule has 186 valence electrons. The summed E-state index contributed by atoms with van der Waals surface area (Å²) < 4.78 is 46.8. The lowest BCUT2D eigenvalue weighted by molar-refractivity contribution is -0.274. The standard InChI is InChI=1S/C24H15Cl2F3N2O5/c1-35-22-15(10-12(25)11-16(22)26)20(32)18-19(17-4-2-3-9-30-17)31(23(34)21(18)33)13-5-7-14(8-6-13)36-24(27,28)29/h2-11,19,32H,1H3/b20-18+. The van der Waals surface area contributed by atoms with Crippen LogP contribution in [-0.2, 0) is 9.59 Å². The second-order valence-electron chi connectivity index (χ2n) is 7.43. The summed E-state index contributed by atoms with van der Waals surface area (Å²) in [6.45, 7) is 0. The number of aliphatic hydroxyl groups is 1. The van der Waals surface area contributed by atoms with Gasteiger partial charge in [-0.25, -0.2) is 0 Å². The third-order valence-electron chi connectivity index (χ3n) is 5.23. The molecular formula is C24H15Cl2F3N2O5. The Kier molecular flexibility index (Phi) is 6.83. The summed E-state index contributed by atoms with van der Waals surface area (Å²) in [4.78, 5) is 31.6. The Morgan fingerprint density at radius 2 is 1.78 bits per heavy atom. The summed E-state index contributed by atoms with van der Waals surface area (Å²) in [5, 5.41) is 11.4. The van der Waals surface area contributed by atoms with Crippen LogP contribution < -0.4 is 14.4 Å². The van der Waals surface area contributed by atoms with Gasteiger partial charge in [0.05, 0.1) is 29.0 Å². The molecule has 1 aromatic heterocycles. The van der Waals surface area contributed by atoms with Gasteiger partial charge in [-0.05, 0) is 48.5 Å². The minimum absolute atomic E-state index is 0.0122. The van der Waals surface area contributed by atoms with Crippen molar-refractivity contribution in [1.82, 2.24) is 4.98 Å². The Labute approximate surface area is 212 Å². The molecule has 1 fully saturated rings. The Balaban J connectivity index is 1.90. The van der Waals surface area contributed by atoms with E-state index in [4.69, 9.17) is 27.9 Å². The molecule has 1 aliphatic heterocycles. The number of pyridine rings is 1. The molecule has 0 saturated carbocycles. The van der Waals surface area contributed by atoms with Crippen LogP contribution >= 0.6 is 23.2 Å². The first-order valence-electron chi connectivity index (χ1n) is 10.1. The Morgan fingerprint density at radius 3 is 2.36 bits per heavy atom. The topological polar surface area (TPSA) is 89.0 Å². The number of hydrogen-bond acceptors (Lipinski definition) is 6. The lowest BCUT2D eigenvalue weighted by Crippen LogP contribution is -2.29. The van der Waals surface area contributed by atoms with Crippen LogP contribution in [0.3, 0.4) is 0 Å². The number of methoxy groups -OCH3 is 1. The summed E-state index contributed by atoms with van der Waals surface area (Å²) in [6.07, 6.45) is -3.48. The van der Waals surface area contributed by atoms with Crippen molar-refractivity contribution in [3.8, 4) is 11.5 Å². The maximum Gasteiger partial charge on any atom is 0.573 e. The zero-order chi connectivity index (χ0) is 26.2. The minimum atomic E-state index is -4.91. The van der Waals surface area contributed by atoms with Crippen molar-refractivity contribution in [3.63, 3.8) is 0 Å². The van der Waals surface area contributed by atoms with Crippen LogP contribution in [0.4, 0.5) is 18.9 Å². The molecule has 1 atom stereocenters. The van der Waals surface area contributed by atoms with Gasteiger partial charge < -0.3 is 14.6 Å². The number of nitrogens with zero attached hydrogens (tertiary/aromatic N) is 2. The van der Waals surface area contributed by atoms with Gasteiger partial charge in [0.2, 0.25) is 0 Å². The largest absolute Gasteiger partial charge is 0.573 e. The van der Waals surface area contributed by atoms with Crippen molar-refractivity contribution in [2.24, 2.45) is 0 Å². The van der Waals surface area contributed by atoms with E-state index in [9.17, 15) is 27.9 Å². The number of amides is 1. The van der Waals surface area contributed by atoms with Gasteiger partial charge >= 0.3 is 6.36 Å². The number of carbonyl (C=O) groups is 2. The molecular weight excluding hydrogens is 524 g/mol. The molecule has 3 aromatic rings. The number of halogens is 5. The Morgan fingerprint density at radius 1 is 1.08 bits per heavy atom. The van der Waals surface area contributed by atoms with Gasteiger partial charge in [-0.2, -0.15) is 0 Å². The van der Waals surface area contributed by atoms with E-state index in [0.717, 1.165) is 17.0 Å². The van der Waals surface area contributed by atoms with E-state index in [2.05, 4.69) is 9.72 Å². The van der Waals surface area contributed by atoms with Crippen LogP contribution in [-0.4, -0.2) is 35.3 Å². The number of hydrogen-bond donors (Lipinski definition) is 1. The summed E-state index contributed by atoms with van der Waals surface area (Å²) in [5.74, 6) is -3.22. The molecule has 0 aliphatic carbocycles. The molecule has 0 spiro atoms. The van der Waals surface area contributed by atoms with Crippen molar-refractivity contribution in [2.75, 3.05) is 12.0 Å². The molecule has 1 aliphatic rings. The second kappa shape index (κ2) is 9.71. The number of aromatic nitrogens is 1. The number of ether oxygens (including phenoxy) is 2. The van der Waals surface area contributed by atoms with Crippen LogP contribution in [0.2, 0.25) is 10.0 Å². The number of Topliss-reactive ketones (excluding diaryl/α,β-unsaturated/α-hetero) is 1. The molecule has 0 bridgehead atoms. The van der Waals surface area contributed by atoms with Gasteiger partial charge in [0.15, 0.2) is 0 Å². The fourth-order valence-corrected chi connectivity index (χ4v) is 4.38. The number of benzene rings is 2. The van der Waals surface area contributed by atoms with E-state index >= 15 is 0 Å². The van der Waals surface area contributed by atoms with E-state index in [-0.39, 0.29) is 38.3 Å². The number of rotatable bonds is 5. The van der Waals surface area contributed by atoms with Crippen LogP contribution in [0.25, 0.3) is 5.76 Å². The highest BCUT2D eigenvalue weighted by Crippen LogP contribution is 2.44. The van der Waals surface area contributed by atoms with E-state index in [1.54, 1.807) is 12.1 Å². The second-order valence-corrected chi connectivity index (χ2v) is 8.28. The molecule has 1 N–H and O–H groups in total. The van der Waals surface area contributed by atoms with E-state index < -0.39 is 35.6 Å². The van der Waals surface area contributed by atoms with Crippen LogP contribution in [0, 0.1) is 0 Å². The van der Waals surface area contributed by atoms with Gasteiger partial charge in [0.25, 0.3) is 11.7 Å². The highest BCUT2D eigenvalue weighted by molar-refractivity contribution is 6.51. The van der Waals surface area contributed by atoms with Crippen molar-refractivity contribution < 1.29 is 37.3 Å². The lowest BCUT2D eigenvalue weighted by atomic mass is 9.97. The number of alkyl halides is 3. The van der Waals surface area contributed by atoms with Crippen LogP contribution in [0.5, 0.6) is 11.5 Å². The third-order valence-corrected chi connectivity index (χ3v) is 5.73. The predicted octanol–water partition coefficient (Wildman–Crippen LogP) is 5.92. The van der Waals surface area contributed by atoms with Crippen molar-refractivity contribution in [2.45, 2.75) is 12.4 Å². The smallest absolute Gasteiger partial charge is 0.507 e. The lowest BCUT2D eigenvalue weighted by Gasteiger charge is -2.25. The maximum atomic E-state index is 13.2. The first-order chi connectivity index (χ1) is 17.0. The molecule has 1 amide bonds. The molecule has 7 nitrogen and oxygen atoms in total. The van der Waals surface area contributed by atoms with Crippen LogP contribution in [0.1, 0.15) is 17.3 Å². The molecule has 4 rings (SSSR count). The highest BCUT2D eigenvalue weighted by atomic mass is 35.5. The zero-order valence-electron chi connectivity index (χ0n) is 18.2. The number of aliphatic hydroxyl groups excluding tert-OH is 1. The van der Waals surface area contributed by atoms with E-state index in [0.29, 0.717) is 0 Å². The highest BCUT2D eigenvalue weighted by Gasteiger charge is 2.48. The van der Waals surface area contributed by atoms with E-state index in [1.165, 1.54) is 43.6 Å². The number of ketones is 1. The molecule has 0 radical (unpaired) electrons. The average Bonchev–Trinajstić information content (AvgIpc) is 3.09. The van der Waals surface area contributed by atoms with E-state index in [1.807, 2.05) is 0 Å². The van der Waals surface area contributed by atoms with Crippen molar-refractivity contribution in [1.29, 1.82) is 0 Å². The van der Waals surface area contributed by atoms with Gasteiger partial charge in [-0.1, -0.05) is 29.3 Å². The fourth-order valence-electron chi connectivity index (χ4n) is 3.81. The average molecular weight is 539 g/mol. The molecule has 36 heavy (non-hydrogen) atoms. The van der Waals surface area contributed by atoms with Gasteiger partial charge in [0, 0.05) is 16.9 Å². The Bertz CT molecular complexity index is 1360. The quantitative estimate of drug-likeness (QED) is 0.246. The summed E-state index contributed by atoms with van der Waals surface area (Å²) in [5.41, 5.74) is -0.104. The van der Waals surface area contributed by atoms with Gasteiger partial charge in [-0.15, -0.1) is 13.2 Å². The normalized spacial score (nSPS) is 17.4. The van der Waals surface area contributed by atoms with Gasteiger partial charge in [0.1, 0.15) is 23.3 Å². The Hall–Kier alpha value is -3.76. The molecule has 2 heterocycles. The molecule has 12 heteroatoms. The van der Waals surface area contributed by atoms with Crippen molar-refractivity contribution in [3.05, 3.63) is 87.7 Å². The molecule has 2 aromatic carbocycles. The maximum absolute atomic E-state index is 13.2. The summed E-state index contributed by atoms with van der Waals surface area (Å²) >= 11 is 12.3. The van der Waals surface area contributed by atoms with Gasteiger partial charge in [-0.3, -0.25) is 19.5 Å². The number of anilines is 1. The molecule has 1 saturated heterocycles. The monoisotopic (exact) mass is 538 g/mol. The first-order valence-corrected chi connectivity index (χ1v) is 10.9. The number of carbonyl (C=O) groups excluding carboxylic acids is 2. The predicted molar refractivity (Wildman–Crippen MR) is 125 cm³/mol. The fraction of sp³-hybridized carbons (Fsp3) is 0.125.